The van der Waals surface area contributed by atoms with E-state index < -0.39 is 0 Å². The third-order valence-electron chi connectivity index (χ3n) is 3.82. The van der Waals surface area contributed by atoms with Crippen molar-refractivity contribution in [1.29, 1.82) is 0 Å². The molecule has 2 rings (SSSR count). The van der Waals surface area contributed by atoms with Gasteiger partial charge in [-0.15, -0.1) is 0 Å². The molecule has 2 bridgehead atoms. The zero-order valence-electron chi connectivity index (χ0n) is 11.4. The predicted octanol–water partition coefficient (Wildman–Crippen LogP) is 2.30. The number of carbonyl (C=O) groups is 1. The molecule has 2 heterocycles. The second-order valence-electron chi connectivity index (χ2n) is 5.14. The van der Waals surface area contributed by atoms with Crippen LogP contribution in [0.5, 0.6) is 0 Å². The molecule has 4 heteroatoms. The lowest BCUT2D eigenvalue weighted by Gasteiger charge is -2.28. The van der Waals surface area contributed by atoms with Crippen LogP contribution in [0.4, 0.5) is 0 Å². The normalized spacial score (nSPS) is 30.9. The minimum atomic E-state index is -0.368. The molecule has 2 aliphatic heterocycles. The number of carbonyl (C=O) groups excluding carboxylic acids is 1. The van der Waals surface area contributed by atoms with Gasteiger partial charge in [-0.3, -0.25) is 4.79 Å². The van der Waals surface area contributed by atoms with Crippen molar-refractivity contribution in [3.63, 3.8) is 0 Å². The van der Waals surface area contributed by atoms with Crippen LogP contribution < -0.4 is 0 Å². The first kappa shape index (κ1) is 14.0. The largest absolute Gasteiger partial charge is 0.375 e. The molecule has 2 fully saturated rings. The highest BCUT2D eigenvalue weighted by Crippen LogP contribution is 2.36. The first-order valence-corrected chi connectivity index (χ1v) is 7.14. The summed E-state index contributed by atoms with van der Waals surface area (Å²) in [6.07, 6.45) is 4.66. The van der Waals surface area contributed by atoms with Crippen LogP contribution in [-0.2, 0) is 19.0 Å². The van der Waals surface area contributed by atoms with Gasteiger partial charge in [0.1, 0.15) is 5.78 Å². The number of hydrogen-bond donors (Lipinski definition) is 0. The highest BCUT2D eigenvalue weighted by atomic mass is 16.7. The predicted molar refractivity (Wildman–Crippen MR) is 67.3 cm³/mol. The van der Waals surface area contributed by atoms with Gasteiger partial charge in [0, 0.05) is 19.1 Å². The quantitative estimate of drug-likeness (QED) is 0.656. The van der Waals surface area contributed by atoms with Crippen LogP contribution in [0.15, 0.2) is 0 Å². The van der Waals surface area contributed by atoms with Gasteiger partial charge in [0.2, 0.25) is 0 Å². The zero-order valence-corrected chi connectivity index (χ0v) is 11.4. The first-order valence-electron chi connectivity index (χ1n) is 7.14. The Kier molecular flexibility index (Phi) is 5.15. The minimum absolute atomic E-state index is 0.152. The first-order chi connectivity index (χ1) is 8.72. The van der Waals surface area contributed by atoms with E-state index in [1.807, 2.05) is 13.8 Å². The van der Waals surface area contributed by atoms with Gasteiger partial charge in [0.25, 0.3) is 0 Å². The average Bonchev–Trinajstić information content (AvgIpc) is 2.69. The van der Waals surface area contributed by atoms with Gasteiger partial charge in [-0.1, -0.05) is 0 Å². The molecule has 0 aromatic carbocycles. The molecule has 0 aromatic heterocycles. The van der Waals surface area contributed by atoms with Crippen molar-refractivity contribution in [3.05, 3.63) is 0 Å². The highest BCUT2D eigenvalue weighted by molar-refractivity contribution is 5.81. The lowest BCUT2D eigenvalue weighted by molar-refractivity contribution is -0.157. The molecule has 0 spiro atoms. The lowest BCUT2D eigenvalue weighted by atomic mass is 9.90. The second kappa shape index (κ2) is 6.64. The zero-order chi connectivity index (χ0) is 13.0. The van der Waals surface area contributed by atoms with Crippen molar-refractivity contribution < 1.29 is 19.0 Å². The summed E-state index contributed by atoms with van der Waals surface area (Å²) in [4.78, 5) is 12.3. The molecule has 0 aliphatic carbocycles. The lowest BCUT2D eigenvalue weighted by Crippen LogP contribution is -2.32. The Hall–Kier alpha value is -0.450. The van der Waals surface area contributed by atoms with Crippen molar-refractivity contribution >= 4 is 5.78 Å². The molecular formula is C14H24O4. The maximum atomic E-state index is 12.3. The van der Waals surface area contributed by atoms with E-state index in [-0.39, 0.29) is 18.0 Å². The van der Waals surface area contributed by atoms with Crippen molar-refractivity contribution in [2.75, 3.05) is 13.2 Å². The Bertz CT molecular complexity index is 261. The number of Topliss-reactive ketones (excluding diaryl/α,β-unsaturated/α-hetero) is 1. The molecule has 0 amide bonds. The summed E-state index contributed by atoms with van der Waals surface area (Å²) in [5.74, 6) is 0.432. The van der Waals surface area contributed by atoms with Crippen molar-refractivity contribution in [2.45, 2.75) is 64.4 Å². The van der Waals surface area contributed by atoms with Gasteiger partial charge >= 0.3 is 0 Å². The SMILES string of the molecule is CCOC(CC(=O)C1CC2CCC(C1)O2)OCC. The summed E-state index contributed by atoms with van der Waals surface area (Å²) in [5, 5.41) is 0. The van der Waals surface area contributed by atoms with E-state index in [9.17, 15) is 4.79 Å². The summed E-state index contributed by atoms with van der Waals surface area (Å²) in [5.41, 5.74) is 0. The van der Waals surface area contributed by atoms with E-state index in [1.54, 1.807) is 0 Å². The molecule has 2 unspecified atom stereocenters. The van der Waals surface area contributed by atoms with Gasteiger partial charge < -0.3 is 14.2 Å². The van der Waals surface area contributed by atoms with Crippen molar-refractivity contribution in [2.24, 2.45) is 5.92 Å². The summed E-state index contributed by atoms with van der Waals surface area (Å²) < 4.78 is 16.6. The van der Waals surface area contributed by atoms with E-state index >= 15 is 0 Å². The Morgan fingerprint density at radius 3 is 2.22 bits per heavy atom. The van der Waals surface area contributed by atoms with Crippen LogP contribution >= 0.6 is 0 Å². The number of ether oxygens (including phenoxy) is 3. The van der Waals surface area contributed by atoms with E-state index in [0.717, 1.165) is 25.7 Å². The van der Waals surface area contributed by atoms with E-state index in [4.69, 9.17) is 14.2 Å². The van der Waals surface area contributed by atoms with Crippen LogP contribution in [0.1, 0.15) is 46.0 Å². The van der Waals surface area contributed by atoms with Gasteiger partial charge in [-0.05, 0) is 39.5 Å². The molecule has 104 valence electrons. The van der Waals surface area contributed by atoms with E-state index in [2.05, 4.69) is 0 Å². The number of rotatable bonds is 7. The molecule has 2 aliphatic rings. The van der Waals surface area contributed by atoms with Crippen LogP contribution in [0.2, 0.25) is 0 Å². The third-order valence-corrected chi connectivity index (χ3v) is 3.82. The summed E-state index contributed by atoms with van der Waals surface area (Å²) in [6.45, 7) is 5.00. The smallest absolute Gasteiger partial charge is 0.164 e. The monoisotopic (exact) mass is 256 g/mol. The molecular weight excluding hydrogens is 232 g/mol. The Morgan fingerprint density at radius 1 is 1.17 bits per heavy atom. The van der Waals surface area contributed by atoms with Gasteiger partial charge in [0.15, 0.2) is 6.29 Å². The van der Waals surface area contributed by atoms with Crippen LogP contribution in [-0.4, -0.2) is 37.5 Å². The second-order valence-corrected chi connectivity index (χ2v) is 5.14. The summed E-state index contributed by atoms with van der Waals surface area (Å²) in [6, 6.07) is 0. The Labute approximate surface area is 109 Å². The van der Waals surface area contributed by atoms with Crippen molar-refractivity contribution in [3.8, 4) is 0 Å². The van der Waals surface area contributed by atoms with Gasteiger partial charge in [-0.25, -0.2) is 0 Å². The molecule has 18 heavy (non-hydrogen) atoms. The Morgan fingerprint density at radius 2 is 1.72 bits per heavy atom. The molecule has 2 saturated heterocycles. The number of fused-ring (bicyclic) bond motifs is 2. The maximum absolute atomic E-state index is 12.3. The molecule has 0 radical (unpaired) electrons. The molecule has 0 saturated carbocycles. The molecule has 4 nitrogen and oxygen atoms in total. The Balaban J connectivity index is 1.82. The minimum Gasteiger partial charge on any atom is -0.375 e. The number of ketones is 1. The average molecular weight is 256 g/mol. The summed E-state index contributed by atoms with van der Waals surface area (Å²) in [7, 11) is 0. The van der Waals surface area contributed by atoms with Gasteiger partial charge in [-0.2, -0.15) is 0 Å². The molecule has 0 N–H and O–H groups in total. The fraction of sp³-hybridized carbons (Fsp3) is 0.929. The highest BCUT2D eigenvalue weighted by Gasteiger charge is 2.38. The standard InChI is InChI=1S/C14H24O4/c1-3-16-14(17-4-2)9-13(15)10-7-11-5-6-12(8-10)18-11/h10-12,14H,3-9H2,1-2H3. The van der Waals surface area contributed by atoms with E-state index in [1.165, 1.54) is 0 Å². The number of hydrogen-bond acceptors (Lipinski definition) is 4. The summed E-state index contributed by atoms with van der Waals surface area (Å²) >= 11 is 0. The third kappa shape index (κ3) is 3.53. The van der Waals surface area contributed by atoms with Crippen LogP contribution in [0.25, 0.3) is 0 Å². The fourth-order valence-electron chi connectivity index (χ4n) is 2.99. The topological polar surface area (TPSA) is 44.8 Å². The molecule has 0 aromatic rings. The van der Waals surface area contributed by atoms with Crippen LogP contribution in [0, 0.1) is 5.92 Å². The van der Waals surface area contributed by atoms with Gasteiger partial charge in [0.05, 0.1) is 18.6 Å². The fourth-order valence-corrected chi connectivity index (χ4v) is 2.99. The van der Waals surface area contributed by atoms with Crippen molar-refractivity contribution in [1.82, 2.24) is 0 Å². The van der Waals surface area contributed by atoms with E-state index in [0.29, 0.717) is 31.8 Å². The van der Waals surface area contributed by atoms with Crippen LogP contribution in [0.3, 0.4) is 0 Å². The maximum Gasteiger partial charge on any atom is 0.164 e. The molecule has 2 atom stereocenters.